The van der Waals surface area contributed by atoms with Crippen LogP contribution in [0.5, 0.6) is 5.75 Å². The number of aliphatic carboxylic acids is 1. The number of hydrogen-bond acceptors (Lipinski definition) is 5. The average molecular weight is 410 g/mol. The fraction of sp³-hybridized carbons (Fsp3) is 0.316. The molecule has 146 valence electrons. The highest BCUT2D eigenvalue weighted by Gasteiger charge is 2.19. The van der Waals surface area contributed by atoms with Gasteiger partial charge >= 0.3 is 5.97 Å². The van der Waals surface area contributed by atoms with Crippen LogP contribution in [0.4, 0.5) is 0 Å². The van der Waals surface area contributed by atoms with E-state index in [1.807, 2.05) is 31.2 Å². The lowest BCUT2D eigenvalue weighted by atomic mass is 10.1. The van der Waals surface area contributed by atoms with Crippen LogP contribution in [0, 0.1) is 20.8 Å². The van der Waals surface area contributed by atoms with Crippen LogP contribution in [0.1, 0.15) is 16.7 Å². The maximum Gasteiger partial charge on any atom is 0.341 e. The van der Waals surface area contributed by atoms with Crippen molar-refractivity contribution < 1.29 is 23.1 Å². The summed E-state index contributed by atoms with van der Waals surface area (Å²) in [6, 6.07) is 10.7. The van der Waals surface area contributed by atoms with Gasteiger partial charge in [0.05, 0.1) is 4.90 Å². The van der Waals surface area contributed by atoms with Gasteiger partial charge < -0.3 is 9.84 Å². The summed E-state index contributed by atoms with van der Waals surface area (Å²) in [5.41, 5.74) is 2.52. The summed E-state index contributed by atoms with van der Waals surface area (Å²) in [5, 5.41) is 8.58. The minimum atomic E-state index is -3.55. The van der Waals surface area contributed by atoms with Crippen molar-refractivity contribution in [1.82, 2.24) is 4.72 Å². The molecule has 0 aliphatic carbocycles. The Balaban J connectivity index is 1.88. The molecule has 0 spiro atoms. The Morgan fingerprint density at radius 1 is 1.11 bits per heavy atom. The van der Waals surface area contributed by atoms with Crippen molar-refractivity contribution in [1.29, 1.82) is 0 Å². The third-order valence-electron chi connectivity index (χ3n) is 3.72. The molecule has 0 radical (unpaired) electrons. The van der Waals surface area contributed by atoms with E-state index in [4.69, 9.17) is 9.84 Å². The monoisotopic (exact) mass is 409 g/mol. The third kappa shape index (κ3) is 6.27. The lowest BCUT2D eigenvalue weighted by Crippen LogP contribution is -2.27. The number of sulfonamides is 1. The van der Waals surface area contributed by atoms with Gasteiger partial charge in [0.1, 0.15) is 5.75 Å². The summed E-state index contributed by atoms with van der Waals surface area (Å²) >= 11 is 1.50. The molecule has 27 heavy (non-hydrogen) atoms. The Hall–Kier alpha value is -2.03. The predicted octanol–water partition coefficient (Wildman–Crippen LogP) is 3.15. The number of ether oxygens (including phenoxy) is 1. The number of nitrogens with one attached hydrogen (secondary N) is 1. The molecule has 8 heteroatoms. The van der Waals surface area contributed by atoms with E-state index in [1.165, 1.54) is 11.8 Å². The second-order valence-electron chi connectivity index (χ2n) is 6.13. The van der Waals surface area contributed by atoms with Gasteiger partial charge in [-0.05, 0) is 56.2 Å². The number of thioether (sulfide) groups is 1. The van der Waals surface area contributed by atoms with Crippen molar-refractivity contribution >= 4 is 27.8 Å². The quantitative estimate of drug-likeness (QED) is 0.488. The fourth-order valence-corrected chi connectivity index (χ4v) is 5.16. The van der Waals surface area contributed by atoms with Gasteiger partial charge in [-0.15, -0.1) is 11.8 Å². The Morgan fingerprint density at radius 3 is 2.26 bits per heavy atom. The van der Waals surface area contributed by atoms with E-state index >= 15 is 0 Å². The van der Waals surface area contributed by atoms with Crippen LogP contribution in [0.3, 0.4) is 0 Å². The highest BCUT2D eigenvalue weighted by molar-refractivity contribution is 7.99. The van der Waals surface area contributed by atoms with E-state index in [0.717, 1.165) is 21.6 Å². The molecule has 0 amide bonds. The molecule has 0 saturated carbocycles. The number of hydrogen-bond donors (Lipinski definition) is 2. The van der Waals surface area contributed by atoms with E-state index in [9.17, 15) is 13.2 Å². The molecule has 0 aromatic heterocycles. The predicted molar refractivity (Wildman–Crippen MR) is 106 cm³/mol. The van der Waals surface area contributed by atoms with Crippen molar-refractivity contribution in [2.75, 3.05) is 18.9 Å². The molecule has 0 atom stereocenters. The van der Waals surface area contributed by atoms with E-state index in [2.05, 4.69) is 4.72 Å². The Kier molecular flexibility index (Phi) is 7.29. The van der Waals surface area contributed by atoms with Gasteiger partial charge in [-0.2, -0.15) is 0 Å². The summed E-state index contributed by atoms with van der Waals surface area (Å²) in [6.07, 6.45) is 0. The Labute approximate surface area is 164 Å². The minimum Gasteiger partial charge on any atom is -0.482 e. The standard InChI is InChI=1S/C19H23NO5S2/c1-13-10-14(2)19(15(3)11-13)27(23,24)20-8-9-26-17-6-4-16(5-7-17)25-12-18(21)22/h4-7,10-11,20H,8-9,12H2,1-3H3,(H,21,22). The molecule has 2 rings (SSSR count). The van der Waals surface area contributed by atoms with Crippen LogP contribution in [0.2, 0.25) is 0 Å². The molecule has 2 aromatic carbocycles. The topological polar surface area (TPSA) is 92.7 Å². The summed E-state index contributed by atoms with van der Waals surface area (Å²) in [7, 11) is -3.55. The Morgan fingerprint density at radius 2 is 1.70 bits per heavy atom. The smallest absolute Gasteiger partial charge is 0.341 e. The molecule has 0 aliphatic rings. The number of carboxylic acids is 1. The third-order valence-corrected chi connectivity index (χ3v) is 6.50. The number of aryl methyl sites for hydroxylation is 3. The maximum atomic E-state index is 12.6. The minimum absolute atomic E-state index is 0.303. The van der Waals surface area contributed by atoms with Gasteiger partial charge in [-0.25, -0.2) is 17.9 Å². The van der Waals surface area contributed by atoms with Crippen LogP contribution < -0.4 is 9.46 Å². The van der Waals surface area contributed by atoms with Gasteiger partial charge in [0.15, 0.2) is 6.61 Å². The van der Waals surface area contributed by atoms with Crippen molar-refractivity contribution in [3.8, 4) is 5.75 Å². The average Bonchev–Trinajstić information content (AvgIpc) is 2.56. The van der Waals surface area contributed by atoms with Gasteiger partial charge in [-0.3, -0.25) is 0 Å². The van der Waals surface area contributed by atoms with Gasteiger partial charge in [0.2, 0.25) is 10.0 Å². The van der Waals surface area contributed by atoms with Crippen LogP contribution >= 0.6 is 11.8 Å². The zero-order chi connectivity index (χ0) is 20.0. The summed E-state index contributed by atoms with van der Waals surface area (Å²) < 4.78 is 32.9. The SMILES string of the molecule is Cc1cc(C)c(S(=O)(=O)NCCSc2ccc(OCC(=O)O)cc2)c(C)c1. The Bertz CT molecular complexity index is 885. The highest BCUT2D eigenvalue weighted by Crippen LogP contribution is 2.23. The zero-order valence-corrected chi connectivity index (χ0v) is 17.1. The zero-order valence-electron chi connectivity index (χ0n) is 15.5. The first kappa shape index (κ1) is 21.3. The first-order valence-corrected chi connectivity index (χ1v) is 10.8. The van der Waals surface area contributed by atoms with Gasteiger partial charge in [-0.1, -0.05) is 17.7 Å². The second-order valence-corrected chi connectivity index (χ2v) is 9.00. The van der Waals surface area contributed by atoms with Gasteiger partial charge in [0, 0.05) is 17.2 Å². The molecule has 0 saturated heterocycles. The molecule has 0 aliphatic heterocycles. The molecule has 6 nitrogen and oxygen atoms in total. The van der Waals surface area contributed by atoms with Crippen molar-refractivity contribution in [2.24, 2.45) is 0 Å². The highest BCUT2D eigenvalue weighted by atomic mass is 32.2. The van der Waals surface area contributed by atoms with Crippen molar-refractivity contribution in [3.63, 3.8) is 0 Å². The van der Waals surface area contributed by atoms with E-state index in [1.54, 1.807) is 26.0 Å². The van der Waals surface area contributed by atoms with Crippen LogP contribution in [-0.4, -0.2) is 38.4 Å². The summed E-state index contributed by atoms with van der Waals surface area (Å²) in [4.78, 5) is 11.8. The number of benzene rings is 2. The number of carbonyl (C=O) groups is 1. The van der Waals surface area contributed by atoms with Crippen molar-refractivity contribution in [3.05, 3.63) is 53.1 Å². The summed E-state index contributed by atoms with van der Waals surface area (Å²) in [6.45, 7) is 5.47. The number of rotatable bonds is 9. The van der Waals surface area contributed by atoms with Crippen molar-refractivity contribution in [2.45, 2.75) is 30.6 Å². The molecule has 2 N–H and O–H groups in total. The molecular weight excluding hydrogens is 386 g/mol. The molecule has 2 aromatic rings. The van der Waals surface area contributed by atoms with E-state index in [0.29, 0.717) is 22.9 Å². The normalized spacial score (nSPS) is 11.4. The molecule has 0 fully saturated rings. The number of carboxylic acid groups (broad SMARTS) is 1. The molecule has 0 bridgehead atoms. The second kappa shape index (κ2) is 9.25. The van der Waals surface area contributed by atoms with Crippen LogP contribution in [0.15, 0.2) is 46.2 Å². The maximum absolute atomic E-state index is 12.6. The van der Waals surface area contributed by atoms with Crippen LogP contribution in [-0.2, 0) is 14.8 Å². The first-order chi connectivity index (χ1) is 12.7. The lowest BCUT2D eigenvalue weighted by molar-refractivity contribution is -0.139. The van der Waals surface area contributed by atoms with E-state index < -0.39 is 16.0 Å². The summed E-state index contributed by atoms with van der Waals surface area (Å²) in [5.74, 6) is 0.0194. The molecule has 0 unspecified atom stereocenters. The largest absolute Gasteiger partial charge is 0.482 e. The van der Waals surface area contributed by atoms with Crippen LogP contribution in [0.25, 0.3) is 0 Å². The first-order valence-electron chi connectivity index (χ1n) is 8.34. The lowest BCUT2D eigenvalue weighted by Gasteiger charge is -2.13. The van der Waals surface area contributed by atoms with Gasteiger partial charge in [0.25, 0.3) is 0 Å². The van der Waals surface area contributed by atoms with E-state index in [-0.39, 0.29) is 6.61 Å². The fourth-order valence-electron chi connectivity index (χ4n) is 2.78. The molecular formula is C19H23NO5S2. The molecule has 0 heterocycles.